The lowest BCUT2D eigenvalue weighted by molar-refractivity contribution is -0.122. The Morgan fingerprint density at radius 1 is 0.964 bits per heavy atom. The second-order valence-electron chi connectivity index (χ2n) is 6.78. The molecule has 6 heteroatoms. The van der Waals surface area contributed by atoms with Gasteiger partial charge in [-0.25, -0.2) is 4.99 Å². The SMILES string of the molecule is CCN1C(=O)/C(=C2/Sc3ccccc3N2CC)SC1=Nc1ccc(C)cc1C. The number of carbonyl (C=O) groups is 1. The van der Waals surface area contributed by atoms with E-state index in [1.54, 1.807) is 16.7 Å². The van der Waals surface area contributed by atoms with Crippen LogP contribution in [-0.4, -0.2) is 29.1 Å². The summed E-state index contributed by atoms with van der Waals surface area (Å²) in [6, 6.07) is 14.5. The second kappa shape index (κ2) is 7.68. The highest BCUT2D eigenvalue weighted by Crippen LogP contribution is 2.50. The van der Waals surface area contributed by atoms with E-state index in [9.17, 15) is 4.79 Å². The molecule has 144 valence electrons. The number of carbonyl (C=O) groups excluding carboxylic acids is 1. The number of likely N-dealkylation sites (N-methyl/N-ethyl adjacent to an activating group) is 1. The molecule has 4 nitrogen and oxygen atoms in total. The van der Waals surface area contributed by atoms with Crippen molar-refractivity contribution in [1.82, 2.24) is 4.90 Å². The number of nitrogens with zero attached hydrogens (tertiary/aromatic N) is 3. The van der Waals surface area contributed by atoms with Crippen LogP contribution in [0.4, 0.5) is 11.4 Å². The van der Waals surface area contributed by atoms with Crippen molar-refractivity contribution in [1.29, 1.82) is 0 Å². The van der Waals surface area contributed by atoms with Crippen LogP contribution >= 0.6 is 23.5 Å². The van der Waals surface area contributed by atoms with E-state index in [4.69, 9.17) is 4.99 Å². The molecule has 0 aromatic heterocycles. The van der Waals surface area contributed by atoms with Crippen LogP contribution in [0.3, 0.4) is 0 Å². The Bertz CT molecular complexity index is 1010. The summed E-state index contributed by atoms with van der Waals surface area (Å²) in [5, 5.41) is 1.78. The first kappa shape index (κ1) is 19.2. The molecule has 2 aromatic carbocycles. The molecule has 2 aliphatic heterocycles. The first-order valence-electron chi connectivity index (χ1n) is 9.47. The number of para-hydroxylation sites is 1. The van der Waals surface area contributed by atoms with Crippen LogP contribution < -0.4 is 4.90 Å². The fourth-order valence-corrected chi connectivity index (χ4v) is 5.90. The van der Waals surface area contributed by atoms with E-state index in [1.165, 1.54) is 27.9 Å². The maximum Gasteiger partial charge on any atom is 0.269 e. The number of anilines is 1. The number of aryl methyl sites for hydroxylation is 2. The zero-order valence-electron chi connectivity index (χ0n) is 16.5. The van der Waals surface area contributed by atoms with Crippen molar-refractivity contribution in [2.24, 2.45) is 4.99 Å². The molecule has 0 aliphatic carbocycles. The Kier molecular flexibility index (Phi) is 5.25. The minimum atomic E-state index is 0.0461. The van der Waals surface area contributed by atoms with Crippen LogP contribution in [0, 0.1) is 13.8 Å². The standard InChI is InChI=1S/C22H23N3OS2/c1-5-24-17-9-7-8-10-18(17)27-21(24)19-20(26)25(6-2)22(28-19)23-16-12-11-14(3)13-15(16)4/h7-13H,5-6H2,1-4H3/b21-19-,23-22?. The Balaban J connectivity index is 1.76. The highest BCUT2D eigenvalue weighted by Gasteiger charge is 2.38. The van der Waals surface area contributed by atoms with Gasteiger partial charge in [-0.2, -0.15) is 0 Å². The third kappa shape index (κ3) is 3.25. The predicted octanol–water partition coefficient (Wildman–Crippen LogP) is 5.69. The summed E-state index contributed by atoms with van der Waals surface area (Å²) in [5.74, 6) is 0.0461. The molecular weight excluding hydrogens is 386 g/mol. The minimum absolute atomic E-state index is 0.0461. The third-order valence-electron chi connectivity index (χ3n) is 4.87. The molecule has 0 spiro atoms. The molecule has 1 fully saturated rings. The lowest BCUT2D eigenvalue weighted by Crippen LogP contribution is -2.29. The molecule has 1 amide bonds. The molecule has 0 saturated carbocycles. The number of amidine groups is 1. The highest BCUT2D eigenvalue weighted by atomic mass is 32.2. The molecule has 0 bridgehead atoms. The van der Waals surface area contributed by atoms with Crippen molar-refractivity contribution in [3.05, 3.63) is 63.5 Å². The molecule has 0 N–H and O–H groups in total. The van der Waals surface area contributed by atoms with Gasteiger partial charge in [0.25, 0.3) is 5.91 Å². The number of hydrogen-bond acceptors (Lipinski definition) is 5. The van der Waals surface area contributed by atoms with Crippen molar-refractivity contribution in [2.45, 2.75) is 32.6 Å². The normalized spacial score (nSPS) is 20.4. The zero-order valence-corrected chi connectivity index (χ0v) is 18.2. The zero-order chi connectivity index (χ0) is 19.8. The van der Waals surface area contributed by atoms with Gasteiger partial charge in [0.05, 0.1) is 11.4 Å². The topological polar surface area (TPSA) is 35.9 Å². The maximum atomic E-state index is 13.2. The van der Waals surface area contributed by atoms with Crippen molar-refractivity contribution < 1.29 is 4.79 Å². The lowest BCUT2D eigenvalue weighted by Gasteiger charge is -2.19. The van der Waals surface area contributed by atoms with Gasteiger partial charge in [0, 0.05) is 18.0 Å². The first-order chi connectivity index (χ1) is 13.5. The van der Waals surface area contributed by atoms with Gasteiger partial charge in [0.1, 0.15) is 9.93 Å². The fourth-order valence-electron chi connectivity index (χ4n) is 3.45. The number of thioether (sulfide) groups is 2. The summed E-state index contributed by atoms with van der Waals surface area (Å²) in [7, 11) is 0. The average molecular weight is 410 g/mol. The van der Waals surface area contributed by atoms with Gasteiger partial charge in [-0.15, -0.1) is 0 Å². The van der Waals surface area contributed by atoms with Gasteiger partial charge in [-0.05, 0) is 63.2 Å². The van der Waals surface area contributed by atoms with Crippen LogP contribution in [0.1, 0.15) is 25.0 Å². The number of benzene rings is 2. The molecule has 2 aromatic rings. The van der Waals surface area contributed by atoms with Crippen LogP contribution in [0.2, 0.25) is 0 Å². The van der Waals surface area contributed by atoms with E-state index < -0.39 is 0 Å². The van der Waals surface area contributed by atoms with E-state index in [0.29, 0.717) is 6.54 Å². The number of aliphatic imine (C=N–C) groups is 1. The van der Waals surface area contributed by atoms with E-state index in [1.807, 2.05) is 25.1 Å². The van der Waals surface area contributed by atoms with E-state index in [-0.39, 0.29) is 5.91 Å². The monoisotopic (exact) mass is 409 g/mol. The van der Waals surface area contributed by atoms with Gasteiger partial charge >= 0.3 is 0 Å². The van der Waals surface area contributed by atoms with E-state index in [0.717, 1.165) is 32.9 Å². The summed E-state index contributed by atoms with van der Waals surface area (Å²) in [6.45, 7) is 9.69. The second-order valence-corrected chi connectivity index (χ2v) is 8.79. The Hall–Kier alpha value is -2.18. The van der Waals surface area contributed by atoms with Crippen molar-refractivity contribution in [3.63, 3.8) is 0 Å². The summed E-state index contributed by atoms with van der Waals surface area (Å²) in [5.41, 5.74) is 4.43. The van der Waals surface area contributed by atoms with Gasteiger partial charge in [-0.3, -0.25) is 9.69 Å². The minimum Gasteiger partial charge on any atom is -0.334 e. The third-order valence-corrected chi connectivity index (χ3v) is 7.25. The Morgan fingerprint density at radius 3 is 2.43 bits per heavy atom. The van der Waals surface area contributed by atoms with Crippen molar-refractivity contribution >= 4 is 46.0 Å². The van der Waals surface area contributed by atoms with Gasteiger partial charge in [0.2, 0.25) is 0 Å². The largest absolute Gasteiger partial charge is 0.334 e. The van der Waals surface area contributed by atoms with Crippen LogP contribution in [-0.2, 0) is 4.79 Å². The summed E-state index contributed by atoms with van der Waals surface area (Å²) in [6.07, 6.45) is 0. The number of amides is 1. The molecule has 0 unspecified atom stereocenters. The summed E-state index contributed by atoms with van der Waals surface area (Å²) < 4.78 is 0. The first-order valence-corrected chi connectivity index (χ1v) is 11.1. The van der Waals surface area contributed by atoms with Crippen LogP contribution in [0.5, 0.6) is 0 Å². The Labute approximate surface area is 174 Å². The predicted molar refractivity (Wildman–Crippen MR) is 120 cm³/mol. The van der Waals surface area contributed by atoms with Crippen molar-refractivity contribution in [2.75, 3.05) is 18.0 Å². The number of rotatable bonds is 3. The molecule has 2 heterocycles. The molecular formula is C22H23N3OS2. The fraction of sp³-hybridized carbons (Fsp3) is 0.273. The highest BCUT2D eigenvalue weighted by molar-refractivity contribution is 8.19. The summed E-state index contributed by atoms with van der Waals surface area (Å²) >= 11 is 3.17. The molecule has 0 atom stereocenters. The van der Waals surface area contributed by atoms with Gasteiger partial charge in [-0.1, -0.05) is 41.6 Å². The van der Waals surface area contributed by atoms with E-state index in [2.05, 4.69) is 49.9 Å². The quantitative estimate of drug-likeness (QED) is 0.610. The average Bonchev–Trinajstić information content (AvgIpc) is 3.20. The van der Waals surface area contributed by atoms with E-state index >= 15 is 0 Å². The molecule has 2 aliphatic rings. The van der Waals surface area contributed by atoms with Gasteiger partial charge < -0.3 is 4.90 Å². The lowest BCUT2D eigenvalue weighted by atomic mass is 10.1. The molecule has 4 rings (SSSR count). The maximum absolute atomic E-state index is 13.2. The molecule has 1 saturated heterocycles. The smallest absolute Gasteiger partial charge is 0.269 e. The summed E-state index contributed by atoms with van der Waals surface area (Å²) in [4.78, 5) is 24.0. The van der Waals surface area contributed by atoms with Crippen LogP contribution in [0.15, 0.2) is 62.3 Å². The van der Waals surface area contributed by atoms with Gasteiger partial charge in [0.15, 0.2) is 5.17 Å². The number of fused-ring (bicyclic) bond motifs is 1. The van der Waals surface area contributed by atoms with Crippen molar-refractivity contribution in [3.8, 4) is 0 Å². The molecule has 0 radical (unpaired) electrons. The number of hydrogen-bond donors (Lipinski definition) is 0. The Morgan fingerprint density at radius 2 is 1.71 bits per heavy atom. The molecule has 28 heavy (non-hydrogen) atoms. The van der Waals surface area contributed by atoms with Crippen LogP contribution in [0.25, 0.3) is 0 Å².